The summed E-state index contributed by atoms with van der Waals surface area (Å²) in [6.07, 6.45) is 3.63. The third-order valence-electron chi connectivity index (χ3n) is 6.80. The van der Waals surface area contributed by atoms with E-state index in [0.29, 0.717) is 23.8 Å². The first-order chi connectivity index (χ1) is 16.3. The van der Waals surface area contributed by atoms with Gasteiger partial charge >= 0.3 is 0 Å². The number of sulfonamides is 1. The maximum Gasteiger partial charge on any atom is 0.260 e. The standard InChI is InChI=1S/C25H29N3O4S2/c1-16-6-13-22-23(17(16)2)26-25(33-22)28(15-20-5-4-14-32-20)24(29)18-7-11-21(12-8-18)34(30,31)27(3)19-9-10-19/h6-8,11-13,19-20H,4-5,9-10,14-15H2,1-3H3. The minimum Gasteiger partial charge on any atom is -0.376 e. The molecule has 5 rings (SSSR count). The highest BCUT2D eigenvalue weighted by molar-refractivity contribution is 7.89. The summed E-state index contributed by atoms with van der Waals surface area (Å²) in [5.41, 5.74) is 3.61. The van der Waals surface area contributed by atoms with Gasteiger partial charge < -0.3 is 4.74 Å². The summed E-state index contributed by atoms with van der Waals surface area (Å²) in [5.74, 6) is -0.205. The molecule has 0 bridgehead atoms. The molecule has 0 N–H and O–H groups in total. The SMILES string of the molecule is Cc1ccc2sc(N(CC3CCCO3)C(=O)c3ccc(S(=O)(=O)N(C)C4CC4)cc3)nc2c1C. The zero-order valence-electron chi connectivity index (χ0n) is 19.7. The van der Waals surface area contributed by atoms with Crippen molar-refractivity contribution in [1.29, 1.82) is 0 Å². The molecule has 0 spiro atoms. The smallest absolute Gasteiger partial charge is 0.260 e. The number of aryl methyl sites for hydroxylation is 2. The third-order valence-corrected chi connectivity index (χ3v) is 9.77. The summed E-state index contributed by atoms with van der Waals surface area (Å²) in [5, 5.41) is 0.634. The van der Waals surface area contributed by atoms with Crippen LogP contribution in [-0.2, 0) is 14.8 Å². The lowest BCUT2D eigenvalue weighted by molar-refractivity contribution is 0.0917. The Hall–Kier alpha value is -2.33. The van der Waals surface area contributed by atoms with E-state index in [2.05, 4.69) is 13.0 Å². The lowest BCUT2D eigenvalue weighted by atomic mass is 10.1. The van der Waals surface area contributed by atoms with E-state index in [1.807, 2.05) is 13.0 Å². The molecule has 2 fully saturated rings. The van der Waals surface area contributed by atoms with Gasteiger partial charge in [0.2, 0.25) is 10.0 Å². The van der Waals surface area contributed by atoms with Gasteiger partial charge in [-0.25, -0.2) is 13.4 Å². The third kappa shape index (κ3) is 4.37. The second kappa shape index (κ2) is 9.03. The molecule has 1 amide bonds. The minimum absolute atomic E-state index is 0.0364. The Morgan fingerprint density at radius 2 is 1.85 bits per heavy atom. The number of fused-ring (bicyclic) bond motifs is 1. The number of thiazole rings is 1. The van der Waals surface area contributed by atoms with Crippen LogP contribution in [0.3, 0.4) is 0 Å². The van der Waals surface area contributed by atoms with Crippen LogP contribution in [0.25, 0.3) is 10.2 Å². The number of nitrogens with zero attached hydrogens (tertiary/aromatic N) is 3. The second-order valence-corrected chi connectivity index (χ2v) is 12.2. The first-order valence-electron chi connectivity index (χ1n) is 11.6. The first kappa shape index (κ1) is 23.4. The molecule has 1 saturated carbocycles. The van der Waals surface area contributed by atoms with Crippen LogP contribution in [0, 0.1) is 13.8 Å². The highest BCUT2D eigenvalue weighted by atomic mass is 32.2. The van der Waals surface area contributed by atoms with Gasteiger partial charge in [-0.05, 0) is 81.0 Å². The van der Waals surface area contributed by atoms with Crippen LogP contribution in [0.5, 0.6) is 0 Å². The Kier molecular flexibility index (Phi) is 6.22. The average Bonchev–Trinajstić information content (AvgIpc) is 3.37. The van der Waals surface area contributed by atoms with Crippen molar-refractivity contribution in [1.82, 2.24) is 9.29 Å². The number of hydrogen-bond acceptors (Lipinski definition) is 6. The van der Waals surface area contributed by atoms with E-state index < -0.39 is 10.0 Å². The lowest BCUT2D eigenvalue weighted by Crippen LogP contribution is -2.37. The molecule has 2 aromatic carbocycles. The highest BCUT2D eigenvalue weighted by Gasteiger charge is 2.35. The molecule has 1 atom stereocenters. The molecule has 9 heteroatoms. The molecule has 2 aliphatic rings. The Balaban J connectivity index is 1.46. The van der Waals surface area contributed by atoms with Crippen molar-refractivity contribution in [2.45, 2.75) is 56.6 Å². The van der Waals surface area contributed by atoms with E-state index >= 15 is 0 Å². The summed E-state index contributed by atoms with van der Waals surface area (Å²) in [6, 6.07) is 10.4. The quantitative estimate of drug-likeness (QED) is 0.477. The zero-order valence-corrected chi connectivity index (χ0v) is 21.3. The molecule has 1 saturated heterocycles. The fraction of sp³-hybridized carbons (Fsp3) is 0.440. The average molecular weight is 500 g/mol. The van der Waals surface area contributed by atoms with Crippen molar-refractivity contribution in [3.05, 3.63) is 53.1 Å². The molecular weight excluding hydrogens is 470 g/mol. The van der Waals surface area contributed by atoms with Gasteiger partial charge in [-0.1, -0.05) is 17.4 Å². The number of carbonyl (C=O) groups excluding carboxylic acids is 1. The van der Waals surface area contributed by atoms with Crippen LogP contribution < -0.4 is 4.90 Å². The van der Waals surface area contributed by atoms with Gasteiger partial charge in [0.25, 0.3) is 5.91 Å². The van der Waals surface area contributed by atoms with Crippen molar-refractivity contribution in [3.63, 3.8) is 0 Å². The van der Waals surface area contributed by atoms with Crippen molar-refractivity contribution in [2.24, 2.45) is 0 Å². The van der Waals surface area contributed by atoms with Gasteiger partial charge in [-0.3, -0.25) is 9.69 Å². The molecule has 180 valence electrons. The number of rotatable bonds is 7. The normalized spacial score (nSPS) is 18.6. The van der Waals surface area contributed by atoms with Crippen molar-refractivity contribution < 1.29 is 17.9 Å². The van der Waals surface area contributed by atoms with Gasteiger partial charge in [0, 0.05) is 25.3 Å². The number of benzene rings is 2. The van der Waals surface area contributed by atoms with Gasteiger partial charge in [-0.15, -0.1) is 0 Å². The van der Waals surface area contributed by atoms with Gasteiger partial charge in [0.1, 0.15) is 0 Å². The van der Waals surface area contributed by atoms with Gasteiger partial charge in [0.05, 0.1) is 27.8 Å². The Labute approximate surface area is 204 Å². The number of amides is 1. The lowest BCUT2D eigenvalue weighted by Gasteiger charge is -2.23. The maximum atomic E-state index is 13.7. The summed E-state index contributed by atoms with van der Waals surface area (Å²) >= 11 is 1.49. The summed E-state index contributed by atoms with van der Waals surface area (Å²) < 4.78 is 34.0. The van der Waals surface area contributed by atoms with E-state index in [9.17, 15) is 13.2 Å². The van der Waals surface area contributed by atoms with E-state index in [1.54, 1.807) is 24.1 Å². The zero-order chi connectivity index (χ0) is 24.0. The topological polar surface area (TPSA) is 79.8 Å². The maximum absolute atomic E-state index is 13.7. The fourth-order valence-corrected chi connectivity index (χ4v) is 6.74. The Bertz CT molecular complexity index is 1320. The van der Waals surface area contributed by atoms with Crippen molar-refractivity contribution >= 4 is 42.6 Å². The van der Waals surface area contributed by atoms with E-state index in [0.717, 1.165) is 47.0 Å². The van der Waals surface area contributed by atoms with Crippen molar-refractivity contribution in [2.75, 3.05) is 25.1 Å². The number of ether oxygens (including phenoxy) is 1. The van der Waals surface area contributed by atoms with E-state index in [4.69, 9.17) is 9.72 Å². The molecule has 1 aliphatic heterocycles. The number of hydrogen-bond donors (Lipinski definition) is 0. The second-order valence-electron chi connectivity index (χ2n) is 9.18. The van der Waals surface area contributed by atoms with Crippen LogP contribution in [0.4, 0.5) is 5.13 Å². The van der Waals surface area contributed by atoms with E-state index in [1.165, 1.54) is 27.8 Å². The fourth-order valence-electron chi connectivity index (χ4n) is 4.30. The molecule has 0 radical (unpaired) electrons. The van der Waals surface area contributed by atoms with Crippen LogP contribution in [0.1, 0.15) is 47.2 Å². The van der Waals surface area contributed by atoms with Crippen LogP contribution in [0.2, 0.25) is 0 Å². The monoisotopic (exact) mass is 499 g/mol. The number of aromatic nitrogens is 1. The largest absolute Gasteiger partial charge is 0.376 e. The van der Waals surface area contributed by atoms with Crippen LogP contribution in [-0.4, -0.2) is 56.0 Å². The molecule has 1 aliphatic carbocycles. The molecule has 34 heavy (non-hydrogen) atoms. The molecular formula is C25H29N3O4S2. The van der Waals surface area contributed by atoms with Crippen LogP contribution >= 0.6 is 11.3 Å². The molecule has 1 unspecified atom stereocenters. The molecule has 3 aromatic rings. The Morgan fingerprint density at radius 3 is 2.50 bits per heavy atom. The number of anilines is 1. The van der Waals surface area contributed by atoms with Gasteiger partial charge in [-0.2, -0.15) is 4.31 Å². The Morgan fingerprint density at radius 1 is 1.12 bits per heavy atom. The van der Waals surface area contributed by atoms with Crippen molar-refractivity contribution in [3.8, 4) is 0 Å². The summed E-state index contributed by atoms with van der Waals surface area (Å²) in [4.78, 5) is 20.4. The van der Waals surface area contributed by atoms with Crippen LogP contribution in [0.15, 0.2) is 41.3 Å². The highest BCUT2D eigenvalue weighted by Crippen LogP contribution is 2.34. The predicted octanol–water partition coefficient (Wildman–Crippen LogP) is 4.52. The van der Waals surface area contributed by atoms with E-state index in [-0.39, 0.29) is 22.9 Å². The van der Waals surface area contributed by atoms with Gasteiger partial charge in [0.15, 0.2) is 5.13 Å². The molecule has 7 nitrogen and oxygen atoms in total. The number of carbonyl (C=O) groups is 1. The molecule has 2 heterocycles. The first-order valence-corrected chi connectivity index (χ1v) is 13.9. The summed E-state index contributed by atoms with van der Waals surface area (Å²) in [6.45, 7) is 5.22. The summed E-state index contributed by atoms with van der Waals surface area (Å²) in [7, 11) is -1.94. The minimum atomic E-state index is -3.56. The predicted molar refractivity (Wildman–Crippen MR) is 134 cm³/mol. The molecule has 1 aromatic heterocycles.